The quantitative estimate of drug-likeness (QED) is 0.730. The van der Waals surface area contributed by atoms with Gasteiger partial charge in [0.15, 0.2) is 0 Å². The number of nitrogens with zero attached hydrogens (tertiary/aromatic N) is 1. The van der Waals surface area contributed by atoms with Crippen LogP contribution in [0.3, 0.4) is 0 Å². The molecule has 3 nitrogen and oxygen atoms in total. The average Bonchev–Trinajstić information content (AvgIpc) is 2.04. The predicted molar refractivity (Wildman–Crippen MR) is 52.2 cm³/mol. The number of hydrogen-bond acceptors (Lipinski definition) is 3. The Labute approximate surface area is 78.8 Å². The Bertz CT molecular complexity index is 261. The third-order valence-electron chi connectivity index (χ3n) is 1.83. The summed E-state index contributed by atoms with van der Waals surface area (Å²) in [7, 11) is 1.89. The smallest absolute Gasteiger partial charge is 0.101 e. The van der Waals surface area contributed by atoms with Crippen LogP contribution in [-0.2, 0) is 12.1 Å². The first-order valence-electron chi connectivity index (χ1n) is 4.36. The molecule has 0 bridgehead atoms. The maximum atomic E-state index is 9.63. The van der Waals surface area contributed by atoms with Crippen LogP contribution in [0.2, 0.25) is 0 Å². The van der Waals surface area contributed by atoms with Crippen molar-refractivity contribution in [3.8, 4) is 0 Å². The summed E-state index contributed by atoms with van der Waals surface area (Å²) in [4.78, 5) is 4.18. The largest absolute Gasteiger partial charge is 0.384 e. The van der Waals surface area contributed by atoms with Crippen LogP contribution >= 0.6 is 0 Å². The molecule has 1 heterocycles. The molecular weight excluding hydrogens is 164 g/mol. The summed E-state index contributed by atoms with van der Waals surface area (Å²) < 4.78 is 0. The van der Waals surface area contributed by atoms with Gasteiger partial charge in [-0.2, -0.15) is 0 Å². The second-order valence-electron chi connectivity index (χ2n) is 3.64. The van der Waals surface area contributed by atoms with E-state index >= 15 is 0 Å². The van der Waals surface area contributed by atoms with Gasteiger partial charge in [-0.3, -0.25) is 4.98 Å². The lowest BCUT2D eigenvalue weighted by molar-refractivity contribution is 0.0738. The molecule has 0 aliphatic heterocycles. The molecule has 0 aliphatic rings. The lowest BCUT2D eigenvalue weighted by Crippen LogP contribution is -2.17. The molecule has 1 aromatic rings. The molecule has 0 saturated carbocycles. The molecular formula is C10H16N2O. The number of aliphatic hydroxyl groups is 1. The molecule has 0 saturated heterocycles. The standard InChI is InChI=1S/C10H16N2O/c1-10(2,13)9-5-4-8(6-11-3)7-12-9/h4-5,7,11,13H,6H2,1-3H3. The van der Waals surface area contributed by atoms with Crippen molar-refractivity contribution in [3.63, 3.8) is 0 Å². The first kappa shape index (κ1) is 10.2. The molecule has 0 fully saturated rings. The molecule has 0 aliphatic carbocycles. The summed E-state index contributed by atoms with van der Waals surface area (Å²) >= 11 is 0. The second-order valence-corrected chi connectivity index (χ2v) is 3.64. The maximum absolute atomic E-state index is 9.63. The molecule has 0 aromatic carbocycles. The minimum atomic E-state index is -0.849. The number of hydrogen-bond donors (Lipinski definition) is 2. The Morgan fingerprint density at radius 1 is 1.46 bits per heavy atom. The maximum Gasteiger partial charge on any atom is 0.101 e. The third-order valence-corrected chi connectivity index (χ3v) is 1.83. The van der Waals surface area contributed by atoms with Crippen molar-refractivity contribution in [2.45, 2.75) is 26.0 Å². The average molecular weight is 180 g/mol. The van der Waals surface area contributed by atoms with Crippen molar-refractivity contribution in [2.75, 3.05) is 7.05 Å². The Morgan fingerprint density at radius 2 is 2.15 bits per heavy atom. The highest BCUT2D eigenvalue weighted by Crippen LogP contribution is 2.16. The molecule has 1 rings (SSSR count). The Hall–Kier alpha value is -0.930. The fraction of sp³-hybridized carbons (Fsp3) is 0.500. The van der Waals surface area contributed by atoms with Gasteiger partial charge in [0.05, 0.1) is 5.69 Å². The van der Waals surface area contributed by atoms with E-state index in [1.165, 1.54) is 0 Å². The summed E-state index contributed by atoms with van der Waals surface area (Å²) in [6.45, 7) is 4.26. The van der Waals surface area contributed by atoms with Crippen LogP contribution in [0.15, 0.2) is 18.3 Å². The van der Waals surface area contributed by atoms with Gasteiger partial charge in [0.2, 0.25) is 0 Å². The number of rotatable bonds is 3. The fourth-order valence-corrected chi connectivity index (χ4v) is 1.10. The zero-order chi connectivity index (χ0) is 9.90. The van der Waals surface area contributed by atoms with E-state index in [1.807, 2.05) is 19.2 Å². The van der Waals surface area contributed by atoms with Gasteiger partial charge in [-0.15, -0.1) is 0 Å². The molecule has 0 spiro atoms. The van der Waals surface area contributed by atoms with Crippen LogP contribution in [0.1, 0.15) is 25.1 Å². The van der Waals surface area contributed by atoms with Gasteiger partial charge < -0.3 is 10.4 Å². The molecule has 3 heteroatoms. The van der Waals surface area contributed by atoms with Crippen LogP contribution in [0.4, 0.5) is 0 Å². The fourth-order valence-electron chi connectivity index (χ4n) is 1.10. The van der Waals surface area contributed by atoms with Gasteiger partial charge in [0.25, 0.3) is 0 Å². The van der Waals surface area contributed by atoms with Crippen LogP contribution in [0.25, 0.3) is 0 Å². The van der Waals surface area contributed by atoms with Crippen molar-refractivity contribution in [1.29, 1.82) is 0 Å². The molecule has 72 valence electrons. The molecule has 0 atom stereocenters. The monoisotopic (exact) mass is 180 g/mol. The van der Waals surface area contributed by atoms with Crippen LogP contribution in [-0.4, -0.2) is 17.1 Å². The summed E-state index contributed by atoms with van der Waals surface area (Å²) in [6.07, 6.45) is 1.78. The summed E-state index contributed by atoms with van der Waals surface area (Å²) in [5.74, 6) is 0. The molecule has 2 N–H and O–H groups in total. The van der Waals surface area contributed by atoms with E-state index < -0.39 is 5.60 Å². The summed E-state index contributed by atoms with van der Waals surface area (Å²) in [6, 6.07) is 3.82. The Kier molecular flexibility index (Phi) is 3.01. The third kappa shape index (κ3) is 2.79. The Morgan fingerprint density at radius 3 is 2.54 bits per heavy atom. The zero-order valence-corrected chi connectivity index (χ0v) is 8.33. The van der Waals surface area contributed by atoms with Gasteiger partial charge in [0, 0.05) is 12.7 Å². The lowest BCUT2D eigenvalue weighted by atomic mass is 10.0. The molecule has 0 unspecified atom stereocenters. The molecule has 1 aromatic heterocycles. The molecule has 0 radical (unpaired) electrons. The summed E-state index contributed by atoms with van der Waals surface area (Å²) in [5, 5.41) is 12.7. The number of aromatic nitrogens is 1. The normalized spacial score (nSPS) is 11.7. The Balaban J connectivity index is 2.81. The van der Waals surface area contributed by atoms with Crippen molar-refractivity contribution in [1.82, 2.24) is 10.3 Å². The van der Waals surface area contributed by atoms with Gasteiger partial charge in [0.1, 0.15) is 5.60 Å². The minimum Gasteiger partial charge on any atom is -0.384 e. The zero-order valence-electron chi connectivity index (χ0n) is 8.33. The van der Waals surface area contributed by atoms with E-state index in [-0.39, 0.29) is 0 Å². The highest BCUT2D eigenvalue weighted by atomic mass is 16.3. The van der Waals surface area contributed by atoms with Gasteiger partial charge in [-0.25, -0.2) is 0 Å². The molecule has 0 amide bonds. The van der Waals surface area contributed by atoms with E-state index in [1.54, 1.807) is 20.0 Å². The van der Waals surface area contributed by atoms with E-state index in [9.17, 15) is 5.11 Å². The second kappa shape index (κ2) is 3.85. The van der Waals surface area contributed by atoms with E-state index in [0.29, 0.717) is 5.69 Å². The first-order chi connectivity index (χ1) is 6.04. The minimum absolute atomic E-state index is 0.701. The number of pyridine rings is 1. The van der Waals surface area contributed by atoms with Gasteiger partial charge in [-0.05, 0) is 32.5 Å². The van der Waals surface area contributed by atoms with Crippen LogP contribution in [0.5, 0.6) is 0 Å². The van der Waals surface area contributed by atoms with E-state index in [4.69, 9.17) is 0 Å². The van der Waals surface area contributed by atoms with Crippen LogP contribution in [0, 0.1) is 0 Å². The van der Waals surface area contributed by atoms with E-state index in [0.717, 1.165) is 12.1 Å². The van der Waals surface area contributed by atoms with Crippen molar-refractivity contribution in [2.24, 2.45) is 0 Å². The van der Waals surface area contributed by atoms with Gasteiger partial charge >= 0.3 is 0 Å². The highest BCUT2D eigenvalue weighted by molar-refractivity contribution is 5.17. The van der Waals surface area contributed by atoms with Crippen molar-refractivity contribution in [3.05, 3.63) is 29.6 Å². The van der Waals surface area contributed by atoms with Gasteiger partial charge in [-0.1, -0.05) is 6.07 Å². The SMILES string of the molecule is CNCc1ccc(C(C)(C)O)nc1. The topological polar surface area (TPSA) is 45.1 Å². The van der Waals surface area contributed by atoms with Crippen molar-refractivity contribution >= 4 is 0 Å². The predicted octanol–water partition coefficient (Wildman–Crippen LogP) is 1.03. The highest BCUT2D eigenvalue weighted by Gasteiger charge is 2.16. The first-order valence-corrected chi connectivity index (χ1v) is 4.36. The summed E-state index contributed by atoms with van der Waals surface area (Å²) in [5.41, 5.74) is 0.973. The lowest BCUT2D eigenvalue weighted by Gasteiger charge is -2.16. The van der Waals surface area contributed by atoms with E-state index in [2.05, 4.69) is 10.3 Å². The van der Waals surface area contributed by atoms with Crippen LogP contribution < -0.4 is 5.32 Å². The molecule has 13 heavy (non-hydrogen) atoms. The number of nitrogens with one attached hydrogen (secondary N) is 1. The van der Waals surface area contributed by atoms with Crippen molar-refractivity contribution < 1.29 is 5.11 Å².